The molecule has 0 saturated carbocycles. The predicted molar refractivity (Wildman–Crippen MR) is 126 cm³/mol. The molecule has 2 atom stereocenters. The highest BCUT2D eigenvalue weighted by molar-refractivity contribution is 8.05. The summed E-state index contributed by atoms with van der Waals surface area (Å²) in [4.78, 5) is 41.7. The Balaban J connectivity index is 1.42. The maximum atomic E-state index is 13.3. The molecule has 0 spiro atoms. The second-order valence-electron chi connectivity index (χ2n) is 8.66. The Labute approximate surface area is 198 Å². The number of allylic oxidation sites excluding steroid dienone is 5. The van der Waals surface area contributed by atoms with Gasteiger partial charge in [-0.25, -0.2) is 4.79 Å². The molecular formula is C25H30N2O5S. The lowest BCUT2D eigenvalue weighted by atomic mass is 9.81. The number of carbonyl (C=O) groups is 3. The summed E-state index contributed by atoms with van der Waals surface area (Å²) in [6.45, 7) is 0.482. The van der Waals surface area contributed by atoms with Crippen molar-refractivity contribution in [2.45, 2.75) is 51.0 Å². The summed E-state index contributed by atoms with van der Waals surface area (Å²) in [5, 5.41) is 3.49. The van der Waals surface area contributed by atoms with Gasteiger partial charge in [0.25, 0.3) is 5.91 Å². The summed E-state index contributed by atoms with van der Waals surface area (Å²) >= 11 is 1.36. The van der Waals surface area contributed by atoms with E-state index in [-0.39, 0.29) is 17.7 Å². The van der Waals surface area contributed by atoms with Crippen molar-refractivity contribution in [2.75, 3.05) is 20.8 Å². The van der Waals surface area contributed by atoms with Crippen LogP contribution in [0.1, 0.15) is 44.9 Å². The van der Waals surface area contributed by atoms with Crippen LogP contribution in [0.2, 0.25) is 0 Å². The van der Waals surface area contributed by atoms with E-state index >= 15 is 0 Å². The molecule has 0 radical (unpaired) electrons. The van der Waals surface area contributed by atoms with Crippen molar-refractivity contribution in [2.24, 2.45) is 5.92 Å². The van der Waals surface area contributed by atoms with Crippen LogP contribution in [-0.2, 0) is 23.9 Å². The van der Waals surface area contributed by atoms with Crippen molar-refractivity contribution in [3.05, 3.63) is 57.8 Å². The van der Waals surface area contributed by atoms with Crippen molar-refractivity contribution >= 4 is 29.5 Å². The fourth-order valence-electron chi connectivity index (χ4n) is 4.91. The van der Waals surface area contributed by atoms with E-state index in [0.717, 1.165) is 37.9 Å². The molecule has 1 fully saturated rings. The molecule has 4 rings (SSSR count). The summed E-state index contributed by atoms with van der Waals surface area (Å²) < 4.78 is 10.2. The Bertz CT molecular complexity index is 977. The zero-order valence-corrected chi connectivity index (χ0v) is 19.9. The van der Waals surface area contributed by atoms with Crippen LogP contribution >= 0.6 is 11.8 Å². The van der Waals surface area contributed by atoms with Crippen molar-refractivity contribution in [3.63, 3.8) is 0 Å². The molecule has 0 aromatic rings. The molecular weight excluding hydrogens is 440 g/mol. The maximum absolute atomic E-state index is 13.3. The molecule has 1 saturated heterocycles. The summed E-state index contributed by atoms with van der Waals surface area (Å²) in [5.41, 5.74) is 3.01. The van der Waals surface area contributed by atoms with Gasteiger partial charge in [-0.3, -0.25) is 14.5 Å². The number of nitrogens with zero attached hydrogens (tertiary/aromatic N) is 2. The molecule has 2 heterocycles. The summed E-state index contributed by atoms with van der Waals surface area (Å²) in [5.74, 6) is 0.286. The molecule has 4 aliphatic rings. The number of likely N-dealkylation sites (tertiary alicyclic amines) is 1. The van der Waals surface area contributed by atoms with E-state index in [4.69, 9.17) is 9.47 Å². The number of hydrogen-bond donors (Lipinski definition) is 0. The van der Waals surface area contributed by atoms with Gasteiger partial charge in [0.05, 0.1) is 14.2 Å². The van der Waals surface area contributed by atoms with E-state index < -0.39 is 12.0 Å². The van der Waals surface area contributed by atoms with E-state index in [9.17, 15) is 14.4 Å². The molecule has 0 aromatic carbocycles. The predicted octanol–water partition coefficient (Wildman–Crippen LogP) is 4.02. The third-order valence-electron chi connectivity index (χ3n) is 6.72. The molecule has 2 aliphatic heterocycles. The van der Waals surface area contributed by atoms with Crippen molar-refractivity contribution in [3.8, 4) is 0 Å². The Morgan fingerprint density at radius 2 is 2.03 bits per heavy atom. The molecule has 176 valence electrons. The van der Waals surface area contributed by atoms with Gasteiger partial charge in [-0.15, -0.1) is 11.8 Å². The minimum Gasteiger partial charge on any atom is -0.497 e. The van der Waals surface area contributed by atoms with Crippen LogP contribution in [0.5, 0.6) is 0 Å². The Morgan fingerprint density at radius 3 is 2.82 bits per heavy atom. The molecule has 1 unspecified atom stereocenters. The van der Waals surface area contributed by atoms with E-state index in [1.165, 1.54) is 39.8 Å². The van der Waals surface area contributed by atoms with Gasteiger partial charge in [-0.1, -0.05) is 11.6 Å². The topological polar surface area (TPSA) is 76.2 Å². The quantitative estimate of drug-likeness (QED) is 0.565. The lowest BCUT2D eigenvalue weighted by molar-refractivity contribution is -0.150. The van der Waals surface area contributed by atoms with Crippen LogP contribution in [0.25, 0.3) is 0 Å². The third-order valence-corrected chi connectivity index (χ3v) is 7.36. The number of rotatable bonds is 5. The summed E-state index contributed by atoms with van der Waals surface area (Å²) in [6.07, 6.45) is 13.2. The summed E-state index contributed by atoms with van der Waals surface area (Å²) in [6, 6.07) is -0.590. The highest BCUT2D eigenvalue weighted by Gasteiger charge is 2.38. The number of thioether (sulfide) groups is 1. The van der Waals surface area contributed by atoms with Crippen LogP contribution < -0.4 is 0 Å². The van der Waals surface area contributed by atoms with E-state index in [1.807, 2.05) is 6.08 Å². The lowest BCUT2D eigenvalue weighted by Gasteiger charge is -2.31. The fraction of sp³-hybridized carbons (Fsp3) is 0.480. The standard InChI is InChI=1S/C25H30N2O5S/c1-31-20-9-7-18-6-5-17(14-19(18)8-10-20)15-23(28)26-12-13-33-16-22(26)24(29)27-11-3-4-21(27)25(30)32-2/h8-10,12-13,16-17,21H,3-7,11,14-15H2,1-2H3/t17?,21-/m0/s1. The highest BCUT2D eigenvalue weighted by atomic mass is 32.2. The van der Waals surface area contributed by atoms with Crippen molar-refractivity contribution in [1.82, 2.24) is 9.80 Å². The summed E-state index contributed by atoms with van der Waals surface area (Å²) in [7, 11) is 3.01. The molecule has 0 aromatic heterocycles. The first-order valence-corrected chi connectivity index (χ1v) is 12.3. The number of methoxy groups -OCH3 is 2. The molecule has 0 bridgehead atoms. The average Bonchev–Trinajstić information content (AvgIpc) is 3.24. The van der Waals surface area contributed by atoms with Crippen LogP contribution in [0.15, 0.2) is 57.8 Å². The fourth-order valence-corrected chi connectivity index (χ4v) is 5.52. The molecule has 0 N–H and O–H groups in total. The molecule has 8 heteroatoms. The minimum absolute atomic E-state index is 0.0951. The first kappa shape index (κ1) is 23.4. The number of carbonyl (C=O) groups excluding carboxylic acids is 3. The van der Waals surface area contributed by atoms with Crippen LogP contribution in [0.4, 0.5) is 0 Å². The first-order valence-electron chi connectivity index (χ1n) is 11.4. The number of hydrogen-bond acceptors (Lipinski definition) is 6. The average molecular weight is 471 g/mol. The zero-order valence-electron chi connectivity index (χ0n) is 19.1. The van der Waals surface area contributed by atoms with E-state index in [1.54, 1.807) is 24.1 Å². The second-order valence-corrected chi connectivity index (χ2v) is 9.44. The zero-order chi connectivity index (χ0) is 23.4. The first-order chi connectivity index (χ1) is 16.0. The van der Waals surface area contributed by atoms with E-state index in [2.05, 4.69) is 12.2 Å². The van der Waals surface area contributed by atoms with Gasteiger partial charge in [-0.05, 0) is 67.6 Å². The lowest BCUT2D eigenvalue weighted by Crippen LogP contribution is -2.45. The highest BCUT2D eigenvalue weighted by Crippen LogP contribution is 2.37. The Morgan fingerprint density at radius 1 is 1.18 bits per heavy atom. The van der Waals surface area contributed by atoms with Gasteiger partial charge in [0.2, 0.25) is 5.91 Å². The third kappa shape index (κ3) is 5.11. The van der Waals surface area contributed by atoms with Gasteiger partial charge in [0.15, 0.2) is 0 Å². The van der Waals surface area contributed by atoms with Gasteiger partial charge < -0.3 is 14.4 Å². The van der Waals surface area contributed by atoms with Gasteiger partial charge >= 0.3 is 5.97 Å². The minimum atomic E-state index is -0.590. The van der Waals surface area contributed by atoms with Gasteiger partial charge in [0.1, 0.15) is 17.5 Å². The molecule has 2 amide bonds. The van der Waals surface area contributed by atoms with Crippen LogP contribution in [0, 0.1) is 5.92 Å². The molecule has 2 aliphatic carbocycles. The Hall–Kier alpha value is -2.74. The number of amides is 2. The van der Waals surface area contributed by atoms with Gasteiger partial charge in [-0.2, -0.15) is 0 Å². The van der Waals surface area contributed by atoms with Crippen LogP contribution in [0.3, 0.4) is 0 Å². The Kier molecular flexibility index (Phi) is 7.42. The monoisotopic (exact) mass is 470 g/mol. The smallest absolute Gasteiger partial charge is 0.328 e. The second kappa shape index (κ2) is 10.5. The van der Waals surface area contributed by atoms with Crippen LogP contribution in [-0.4, -0.2) is 54.4 Å². The van der Waals surface area contributed by atoms with Crippen molar-refractivity contribution in [1.29, 1.82) is 0 Å². The maximum Gasteiger partial charge on any atom is 0.328 e. The largest absolute Gasteiger partial charge is 0.497 e. The molecule has 7 nitrogen and oxygen atoms in total. The molecule has 33 heavy (non-hydrogen) atoms. The number of esters is 1. The number of ether oxygens (including phenoxy) is 2. The normalized spacial score (nSPS) is 24.7. The van der Waals surface area contributed by atoms with E-state index in [0.29, 0.717) is 25.1 Å². The SMILES string of the molecule is COC(=O)[C@@H]1CCCN1C(=O)C1=CSC=CN1C(=O)CC1CCC2=C(C=CC(OC)=CC2)C1. The van der Waals surface area contributed by atoms with Gasteiger partial charge in [0, 0.05) is 24.6 Å². The van der Waals surface area contributed by atoms with Crippen molar-refractivity contribution < 1.29 is 23.9 Å².